The number of allylic oxidation sites excluding steroid dienone is 1. The van der Waals surface area contributed by atoms with E-state index in [-0.39, 0.29) is 23.2 Å². The lowest BCUT2D eigenvalue weighted by molar-refractivity contribution is 0.0991. The van der Waals surface area contributed by atoms with Crippen molar-refractivity contribution in [2.75, 3.05) is 0 Å². The number of pyridine rings is 3. The van der Waals surface area contributed by atoms with Crippen LogP contribution in [0.1, 0.15) is 34.1 Å². The van der Waals surface area contributed by atoms with Gasteiger partial charge in [0.15, 0.2) is 17.0 Å². The standard InChI is InChI=1S/C31H24FN3O3/c1-18(2)22-15-26-30(35-16-22)28(12-13-33-26)38-24-10-4-20(5-11-24)14-27(36)25-17-34-19(3)29(31(25)37)21-6-8-23(32)9-7-21/h4-13,15-17H,1,14H2,2-3H3,(H,34,37). The number of ketones is 1. The molecule has 0 aliphatic carbocycles. The maximum atomic E-state index is 13.4. The van der Waals surface area contributed by atoms with Crippen LogP contribution in [0.4, 0.5) is 4.39 Å². The van der Waals surface area contributed by atoms with E-state index in [0.29, 0.717) is 39.4 Å². The number of nitrogens with zero attached hydrogens (tertiary/aromatic N) is 2. The van der Waals surface area contributed by atoms with Crippen molar-refractivity contribution < 1.29 is 13.9 Å². The van der Waals surface area contributed by atoms with Gasteiger partial charge in [-0.3, -0.25) is 19.6 Å². The number of aromatic nitrogens is 3. The quantitative estimate of drug-likeness (QED) is 0.249. The van der Waals surface area contributed by atoms with E-state index in [1.54, 1.807) is 49.6 Å². The number of carbonyl (C=O) groups is 1. The Labute approximate surface area is 218 Å². The minimum absolute atomic E-state index is 0.0404. The van der Waals surface area contributed by atoms with Gasteiger partial charge in [0.2, 0.25) is 0 Å². The predicted molar refractivity (Wildman–Crippen MR) is 146 cm³/mol. The van der Waals surface area contributed by atoms with Crippen LogP contribution < -0.4 is 10.2 Å². The molecule has 6 nitrogen and oxygen atoms in total. The van der Waals surface area contributed by atoms with Crippen molar-refractivity contribution in [2.24, 2.45) is 0 Å². The maximum Gasteiger partial charge on any atom is 0.200 e. The molecule has 0 aliphatic heterocycles. The summed E-state index contributed by atoms with van der Waals surface area (Å²) in [6.45, 7) is 7.60. The molecule has 188 valence electrons. The van der Waals surface area contributed by atoms with Crippen LogP contribution in [-0.4, -0.2) is 20.7 Å². The van der Waals surface area contributed by atoms with E-state index in [4.69, 9.17) is 4.74 Å². The van der Waals surface area contributed by atoms with E-state index in [1.807, 2.05) is 13.0 Å². The van der Waals surface area contributed by atoms with Gasteiger partial charge in [-0.15, -0.1) is 0 Å². The molecule has 2 aromatic carbocycles. The smallest absolute Gasteiger partial charge is 0.200 e. The molecule has 0 saturated carbocycles. The number of hydrogen-bond donors (Lipinski definition) is 1. The number of halogens is 1. The van der Waals surface area contributed by atoms with Crippen molar-refractivity contribution in [3.05, 3.63) is 124 Å². The molecule has 7 heteroatoms. The first kappa shape index (κ1) is 24.8. The second-order valence-electron chi connectivity index (χ2n) is 9.07. The van der Waals surface area contributed by atoms with Crippen LogP contribution in [0.2, 0.25) is 0 Å². The van der Waals surface area contributed by atoms with Crippen molar-refractivity contribution in [3.63, 3.8) is 0 Å². The summed E-state index contributed by atoms with van der Waals surface area (Å²) in [4.78, 5) is 38.1. The van der Waals surface area contributed by atoms with Crippen LogP contribution >= 0.6 is 0 Å². The normalized spacial score (nSPS) is 10.9. The third kappa shape index (κ3) is 4.99. The molecular weight excluding hydrogens is 481 g/mol. The van der Waals surface area contributed by atoms with Crippen molar-refractivity contribution in [2.45, 2.75) is 20.3 Å². The van der Waals surface area contributed by atoms with E-state index in [1.165, 1.54) is 30.5 Å². The number of aromatic amines is 1. The molecule has 0 amide bonds. The fourth-order valence-electron chi connectivity index (χ4n) is 4.20. The van der Waals surface area contributed by atoms with E-state index in [2.05, 4.69) is 21.5 Å². The monoisotopic (exact) mass is 505 g/mol. The van der Waals surface area contributed by atoms with E-state index in [0.717, 1.165) is 16.7 Å². The Kier molecular flexibility index (Phi) is 6.66. The van der Waals surface area contributed by atoms with E-state index >= 15 is 0 Å². The topological polar surface area (TPSA) is 84.9 Å². The molecule has 3 aromatic heterocycles. The Morgan fingerprint density at radius 3 is 2.50 bits per heavy atom. The number of fused-ring (bicyclic) bond motifs is 1. The second-order valence-corrected chi connectivity index (χ2v) is 9.07. The zero-order valence-electron chi connectivity index (χ0n) is 20.9. The Bertz CT molecular complexity index is 1740. The van der Waals surface area contributed by atoms with Crippen LogP contribution in [0.5, 0.6) is 11.5 Å². The summed E-state index contributed by atoms with van der Waals surface area (Å²) >= 11 is 0. The minimum Gasteiger partial charge on any atom is -0.455 e. The fourth-order valence-corrected chi connectivity index (χ4v) is 4.20. The highest BCUT2D eigenvalue weighted by molar-refractivity contribution is 5.98. The number of benzene rings is 2. The van der Waals surface area contributed by atoms with Gasteiger partial charge in [-0.25, -0.2) is 4.39 Å². The average molecular weight is 506 g/mol. The molecule has 0 bridgehead atoms. The number of hydrogen-bond acceptors (Lipinski definition) is 5. The number of nitrogens with one attached hydrogen (secondary N) is 1. The lowest BCUT2D eigenvalue weighted by Gasteiger charge is -2.10. The first-order valence-corrected chi connectivity index (χ1v) is 12.0. The summed E-state index contributed by atoms with van der Waals surface area (Å²) < 4.78 is 19.4. The third-order valence-electron chi connectivity index (χ3n) is 6.26. The minimum atomic E-state index is -0.396. The SMILES string of the molecule is C=C(C)c1cnc2c(Oc3ccc(CC(=O)c4c[nH]c(C)c(-c5ccc(F)cc5)c4=O)cc3)ccnc2c1. The predicted octanol–water partition coefficient (Wildman–Crippen LogP) is 6.68. The van der Waals surface area contributed by atoms with E-state index < -0.39 is 5.82 Å². The Balaban J connectivity index is 1.35. The first-order chi connectivity index (χ1) is 18.3. The highest BCUT2D eigenvalue weighted by atomic mass is 19.1. The Morgan fingerprint density at radius 2 is 1.79 bits per heavy atom. The summed E-state index contributed by atoms with van der Waals surface area (Å²) in [6.07, 6.45) is 4.88. The van der Waals surface area contributed by atoms with Crippen LogP contribution in [0.25, 0.3) is 27.7 Å². The van der Waals surface area contributed by atoms with Gasteiger partial charge in [0.1, 0.15) is 17.1 Å². The number of carbonyl (C=O) groups excluding carboxylic acids is 1. The van der Waals surface area contributed by atoms with Crippen molar-refractivity contribution in [1.82, 2.24) is 15.0 Å². The highest BCUT2D eigenvalue weighted by Crippen LogP contribution is 2.29. The molecular formula is C31H24FN3O3. The third-order valence-corrected chi connectivity index (χ3v) is 6.26. The van der Waals surface area contributed by atoms with Gasteiger partial charge in [0.05, 0.1) is 11.1 Å². The molecule has 5 rings (SSSR count). The summed E-state index contributed by atoms with van der Waals surface area (Å²) in [6, 6.07) is 16.4. The second kappa shape index (κ2) is 10.2. The first-order valence-electron chi connectivity index (χ1n) is 12.0. The summed E-state index contributed by atoms with van der Waals surface area (Å²) in [7, 11) is 0. The zero-order valence-corrected chi connectivity index (χ0v) is 20.9. The molecule has 38 heavy (non-hydrogen) atoms. The molecule has 0 saturated heterocycles. The highest BCUT2D eigenvalue weighted by Gasteiger charge is 2.17. The average Bonchev–Trinajstić information content (AvgIpc) is 2.90. The number of Topliss-reactive ketones (excluding diaryl/α,β-unsaturated/α-hetero) is 1. The molecule has 0 aliphatic rings. The number of H-pyrrole nitrogens is 1. The Hall–Kier alpha value is -4.91. The zero-order chi connectivity index (χ0) is 26.8. The molecule has 0 radical (unpaired) electrons. The number of rotatable bonds is 7. The summed E-state index contributed by atoms with van der Waals surface area (Å²) in [5, 5.41) is 0. The lowest BCUT2D eigenvalue weighted by Crippen LogP contribution is -2.20. The number of ether oxygens (including phenoxy) is 1. The van der Waals surface area contributed by atoms with Gasteiger partial charge in [-0.2, -0.15) is 0 Å². The molecule has 0 fully saturated rings. The van der Waals surface area contributed by atoms with Gasteiger partial charge in [-0.1, -0.05) is 30.8 Å². The van der Waals surface area contributed by atoms with Gasteiger partial charge < -0.3 is 9.72 Å². The molecule has 0 spiro atoms. The van der Waals surface area contributed by atoms with Gasteiger partial charge in [0.25, 0.3) is 0 Å². The van der Waals surface area contributed by atoms with Gasteiger partial charge >= 0.3 is 0 Å². The van der Waals surface area contributed by atoms with Gasteiger partial charge in [0, 0.05) is 42.3 Å². The molecule has 5 aromatic rings. The fraction of sp³-hybridized carbons (Fsp3) is 0.0968. The van der Waals surface area contributed by atoms with Crippen LogP contribution in [0.15, 0.2) is 90.6 Å². The molecule has 0 unspecified atom stereocenters. The molecule has 1 N–H and O–H groups in total. The summed E-state index contributed by atoms with van der Waals surface area (Å²) in [5.41, 5.74) is 5.06. The van der Waals surface area contributed by atoms with Crippen LogP contribution in [-0.2, 0) is 6.42 Å². The summed E-state index contributed by atoms with van der Waals surface area (Å²) in [5.74, 6) is 0.423. The lowest BCUT2D eigenvalue weighted by atomic mass is 9.98. The largest absolute Gasteiger partial charge is 0.455 e. The molecule has 0 atom stereocenters. The van der Waals surface area contributed by atoms with Gasteiger partial charge in [-0.05, 0) is 66.4 Å². The Morgan fingerprint density at radius 1 is 1.05 bits per heavy atom. The molecule has 3 heterocycles. The van der Waals surface area contributed by atoms with Crippen LogP contribution in [0, 0.1) is 12.7 Å². The van der Waals surface area contributed by atoms with E-state index in [9.17, 15) is 14.0 Å². The van der Waals surface area contributed by atoms with Crippen LogP contribution in [0.3, 0.4) is 0 Å². The maximum absolute atomic E-state index is 13.4. The van der Waals surface area contributed by atoms with Crippen molar-refractivity contribution >= 4 is 22.4 Å². The van der Waals surface area contributed by atoms with Crippen molar-refractivity contribution in [1.29, 1.82) is 0 Å². The van der Waals surface area contributed by atoms with Crippen molar-refractivity contribution in [3.8, 4) is 22.6 Å². The number of aryl methyl sites for hydroxylation is 1.